The number of carbonyl (C=O) groups excluding carboxylic acids is 1. The third-order valence-corrected chi connectivity index (χ3v) is 19.2. The molecule has 17 atom stereocenters. The monoisotopic (exact) mass is 1390 g/mol. The topological polar surface area (TPSA) is 307 Å². The molecular formula is C79H141NO18. The second-order valence-corrected chi connectivity index (χ2v) is 27.8. The van der Waals surface area contributed by atoms with Crippen molar-refractivity contribution in [1.82, 2.24) is 5.32 Å². The van der Waals surface area contributed by atoms with E-state index in [0.29, 0.717) is 12.8 Å². The second-order valence-electron chi connectivity index (χ2n) is 27.8. The molecule has 19 heteroatoms. The minimum atomic E-state index is -1.98. The average Bonchev–Trinajstić information content (AvgIpc) is 0.784. The molecule has 0 aliphatic carbocycles. The molecule has 3 saturated heterocycles. The van der Waals surface area contributed by atoms with Gasteiger partial charge in [0, 0.05) is 6.42 Å². The number of aliphatic hydroxyl groups is 11. The first-order valence-electron chi connectivity index (χ1n) is 39.2. The molecule has 17 unspecified atom stereocenters. The van der Waals surface area contributed by atoms with Crippen molar-refractivity contribution >= 4 is 5.91 Å². The maximum absolute atomic E-state index is 13.5. The first-order chi connectivity index (χ1) is 47.8. The summed E-state index contributed by atoms with van der Waals surface area (Å²) in [7, 11) is 0. The predicted molar refractivity (Wildman–Crippen MR) is 388 cm³/mol. The highest BCUT2D eigenvalue weighted by Gasteiger charge is 2.53. The number of carbonyl (C=O) groups is 1. The summed E-state index contributed by atoms with van der Waals surface area (Å²) >= 11 is 0. The van der Waals surface area contributed by atoms with Gasteiger partial charge < -0.3 is 89.9 Å². The molecule has 3 rings (SSSR count). The van der Waals surface area contributed by atoms with E-state index in [4.69, 9.17) is 28.4 Å². The maximum Gasteiger partial charge on any atom is 0.220 e. The standard InChI is InChI=1S/C79H141NO18/c1-3-5-7-9-11-13-15-17-19-21-23-25-27-29-30-31-32-33-35-37-39-41-43-45-47-49-51-53-55-57-67(85)80-62(63(84)56-54-52-50-48-46-44-42-40-38-36-34-28-26-24-22-20-18-16-14-12-10-8-6-4-2)61-93-77-73(91)70(88)75(65(59-82)95-77)98-79-74(92)71(89)76(66(60-83)96-79)97-78-72(90)69(87)68(86)64(58-81)94-78/h5,7,11,13,17,19,23,25,46,48,54,56,62-66,68-79,81-84,86-92H,3-4,6,8-10,12,14-16,18,20-22,24,26-45,47,49-53,55,57-61H2,1-2H3,(H,80,85)/b7-5-,13-11-,19-17-,25-23-,48-46+,56-54+. The van der Waals surface area contributed by atoms with Gasteiger partial charge in [-0.1, -0.05) is 286 Å². The summed E-state index contributed by atoms with van der Waals surface area (Å²) in [4.78, 5) is 13.5. The SMILES string of the molecule is CC/C=C\C/C=C\C/C=C\C/C=C\CCCCCCCCCCCCCCCCCCC(=O)NC(COC1OC(CO)C(OC2OC(CO)C(OC3OC(CO)C(O)C(O)C3O)C(O)C2O)C(O)C1O)C(O)/C=C/CC/C=C/CCCCCCCCCCCCCCCCCCCC. The highest BCUT2D eigenvalue weighted by Crippen LogP contribution is 2.33. The second kappa shape index (κ2) is 59.6. The van der Waals surface area contributed by atoms with Gasteiger partial charge >= 0.3 is 0 Å². The van der Waals surface area contributed by atoms with Gasteiger partial charge in [0.2, 0.25) is 5.91 Å². The van der Waals surface area contributed by atoms with Gasteiger partial charge in [0.1, 0.15) is 73.2 Å². The summed E-state index contributed by atoms with van der Waals surface area (Å²) in [6.45, 7) is 1.64. The zero-order valence-electron chi connectivity index (χ0n) is 60.8. The molecule has 3 fully saturated rings. The normalized spacial score (nSPS) is 27.1. The van der Waals surface area contributed by atoms with Crippen molar-refractivity contribution in [3.05, 3.63) is 72.9 Å². The number of hydrogen-bond acceptors (Lipinski definition) is 18. The van der Waals surface area contributed by atoms with E-state index >= 15 is 0 Å². The zero-order valence-corrected chi connectivity index (χ0v) is 60.8. The van der Waals surface area contributed by atoms with Crippen LogP contribution in [0.25, 0.3) is 0 Å². The number of aliphatic hydroxyl groups excluding tert-OH is 11. The molecule has 19 nitrogen and oxygen atoms in total. The molecule has 3 heterocycles. The lowest BCUT2D eigenvalue weighted by Crippen LogP contribution is -2.66. The van der Waals surface area contributed by atoms with E-state index in [1.54, 1.807) is 6.08 Å². The largest absolute Gasteiger partial charge is 0.394 e. The molecule has 0 spiro atoms. The third-order valence-electron chi connectivity index (χ3n) is 19.2. The van der Waals surface area contributed by atoms with Crippen molar-refractivity contribution in [2.24, 2.45) is 0 Å². The van der Waals surface area contributed by atoms with Crippen LogP contribution in [0.4, 0.5) is 0 Å². The van der Waals surface area contributed by atoms with Crippen LogP contribution < -0.4 is 5.32 Å². The fraction of sp³-hybridized carbons (Fsp3) is 0.835. The number of hydrogen-bond donors (Lipinski definition) is 12. The van der Waals surface area contributed by atoms with Gasteiger partial charge in [-0.25, -0.2) is 0 Å². The van der Waals surface area contributed by atoms with Crippen LogP contribution in [0.3, 0.4) is 0 Å². The van der Waals surface area contributed by atoms with Crippen LogP contribution in [0.2, 0.25) is 0 Å². The highest BCUT2D eigenvalue weighted by atomic mass is 16.8. The van der Waals surface area contributed by atoms with E-state index in [0.717, 1.165) is 64.2 Å². The van der Waals surface area contributed by atoms with Crippen LogP contribution in [-0.2, 0) is 33.2 Å². The van der Waals surface area contributed by atoms with Crippen LogP contribution in [0.5, 0.6) is 0 Å². The fourth-order valence-corrected chi connectivity index (χ4v) is 13.0. The Labute approximate surface area is 591 Å². The maximum atomic E-state index is 13.5. The molecule has 98 heavy (non-hydrogen) atoms. The van der Waals surface area contributed by atoms with Crippen LogP contribution >= 0.6 is 0 Å². The smallest absolute Gasteiger partial charge is 0.220 e. The van der Waals surface area contributed by atoms with Crippen LogP contribution in [0.15, 0.2) is 72.9 Å². The molecule has 0 aromatic heterocycles. The lowest BCUT2D eigenvalue weighted by Gasteiger charge is -2.48. The summed E-state index contributed by atoms with van der Waals surface area (Å²) in [5, 5.41) is 121. The van der Waals surface area contributed by atoms with Gasteiger partial charge in [-0.15, -0.1) is 0 Å². The Morgan fingerprint density at radius 1 is 0.378 bits per heavy atom. The summed E-state index contributed by atoms with van der Waals surface area (Å²) in [6.07, 6.45) is 50.3. The summed E-state index contributed by atoms with van der Waals surface area (Å²) in [5.74, 6) is -0.284. The first-order valence-corrected chi connectivity index (χ1v) is 39.2. The molecule has 570 valence electrons. The summed E-state index contributed by atoms with van der Waals surface area (Å²) < 4.78 is 34.4. The predicted octanol–water partition coefficient (Wildman–Crippen LogP) is 12.4. The van der Waals surface area contributed by atoms with Crippen LogP contribution in [0, 0.1) is 0 Å². The van der Waals surface area contributed by atoms with Crippen LogP contribution in [-0.4, -0.2) is 193 Å². The van der Waals surface area contributed by atoms with Gasteiger partial charge in [0.15, 0.2) is 18.9 Å². The number of amides is 1. The minimum Gasteiger partial charge on any atom is -0.394 e. The molecule has 0 bridgehead atoms. The van der Waals surface area contributed by atoms with Gasteiger partial charge in [0.25, 0.3) is 0 Å². The fourth-order valence-electron chi connectivity index (χ4n) is 13.0. The molecule has 1 amide bonds. The Morgan fingerprint density at radius 3 is 1.14 bits per heavy atom. The van der Waals surface area contributed by atoms with Crippen molar-refractivity contribution in [2.45, 2.75) is 394 Å². The Kier molecular flexibility index (Phi) is 54.4. The number of unbranched alkanes of at least 4 members (excludes halogenated alkanes) is 35. The number of ether oxygens (including phenoxy) is 6. The Morgan fingerprint density at radius 2 is 0.714 bits per heavy atom. The molecule has 3 aliphatic heterocycles. The molecule has 12 N–H and O–H groups in total. The quantitative estimate of drug-likeness (QED) is 0.0199. The Hall–Kier alpha value is -2.77. The molecule has 0 saturated carbocycles. The Bertz CT molecular complexity index is 2050. The Balaban J connectivity index is 1.40. The zero-order chi connectivity index (χ0) is 71.1. The van der Waals surface area contributed by atoms with E-state index in [1.165, 1.54) is 193 Å². The van der Waals surface area contributed by atoms with Gasteiger partial charge in [-0.3, -0.25) is 4.79 Å². The molecular weight excluding hydrogens is 1250 g/mol. The van der Waals surface area contributed by atoms with Crippen molar-refractivity contribution in [3.63, 3.8) is 0 Å². The van der Waals surface area contributed by atoms with Crippen molar-refractivity contribution in [1.29, 1.82) is 0 Å². The number of nitrogens with one attached hydrogen (secondary N) is 1. The van der Waals surface area contributed by atoms with Crippen molar-refractivity contribution < 1.29 is 89.4 Å². The van der Waals surface area contributed by atoms with Gasteiger partial charge in [0.05, 0.1) is 38.6 Å². The average molecular weight is 1390 g/mol. The lowest BCUT2D eigenvalue weighted by molar-refractivity contribution is -0.379. The van der Waals surface area contributed by atoms with Crippen LogP contribution in [0.1, 0.15) is 290 Å². The van der Waals surface area contributed by atoms with E-state index in [9.17, 15) is 61.0 Å². The van der Waals surface area contributed by atoms with Gasteiger partial charge in [-0.2, -0.15) is 0 Å². The summed E-state index contributed by atoms with van der Waals surface area (Å²) in [6, 6.07) is -0.994. The summed E-state index contributed by atoms with van der Waals surface area (Å²) in [5.41, 5.74) is 0. The minimum absolute atomic E-state index is 0.234. The van der Waals surface area contributed by atoms with Crippen molar-refractivity contribution in [2.75, 3.05) is 26.4 Å². The van der Waals surface area contributed by atoms with Gasteiger partial charge in [-0.05, 0) is 70.6 Å². The third kappa shape index (κ3) is 39.8. The molecule has 0 aromatic carbocycles. The van der Waals surface area contributed by atoms with E-state index < -0.39 is 124 Å². The molecule has 0 aromatic rings. The number of allylic oxidation sites excluding steroid dienone is 11. The van der Waals surface area contributed by atoms with E-state index in [2.05, 4.69) is 79.9 Å². The lowest BCUT2D eigenvalue weighted by atomic mass is 9.96. The highest BCUT2D eigenvalue weighted by molar-refractivity contribution is 5.76. The molecule has 3 aliphatic rings. The molecule has 0 radical (unpaired) electrons. The first kappa shape index (κ1) is 89.4. The van der Waals surface area contributed by atoms with E-state index in [1.807, 2.05) is 6.08 Å². The number of rotatable bonds is 61. The van der Waals surface area contributed by atoms with Crippen molar-refractivity contribution in [3.8, 4) is 0 Å². The van der Waals surface area contributed by atoms with E-state index in [-0.39, 0.29) is 18.9 Å².